The first kappa shape index (κ1) is 44.2. The molecule has 3 fully saturated rings. The zero-order chi connectivity index (χ0) is 41.1. The quantitative estimate of drug-likeness (QED) is 0.294. The predicted molar refractivity (Wildman–Crippen MR) is 223 cm³/mol. The van der Waals surface area contributed by atoms with E-state index < -0.39 is 0 Å². The van der Waals surface area contributed by atoms with Gasteiger partial charge in [0.15, 0.2) is 0 Å². The molecule has 0 aliphatic carbocycles. The van der Waals surface area contributed by atoms with Gasteiger partial charge in [-0.05, 0) is 107 Å². The molecular formula is C41H56Br2N6O8. The number of esters is 1. The Bertz CT molecular complexity index is 1700. The Balaban J connectivity index is 0.000000241. The molecule has 2 aromatic carbocycles. The smallest absolute Gasteiger partial charge is 0.409 e. The molecule has 0 spiro atoms. The van der Waals surface area contributed by atoms with Crippen molar-refractivity contribution in [2.75, 3.05) is 77.9 Å². The third-order valence-corrected chi connectivity index (χ3v) is 12.5. The number of ether oxygens (including phenoxy) is 2. The first-order valence-electron chi connectivity index (χ1n) is 20.0. The summed E-state index contributed by atoms with van der Waals surface area (Å²) in [7, 11) is 1.40. The number of methoxy groups -OCH3 is 1. The summed E-state index contributed by atoms with van der Waals surface area (Å²) in [6, 6.07) is 12.2. The van der Waals surface area contributed by atoms with Crippen LogP contribution in [0, 0.1) is 5.92 Å². The lowest BCUT2D eigenvalue weighted by atomic mass is 9.98. The molecule has 57 heavy (non-hydrogen) atoms. The fraction of sp³-hybridized carbons (Fsp3) is 0.585. The molecule has 0 aromatic heterocycles. The summed E-state index contributed by atoms with van der Waals surface area (Å²) in [5.41, 5.74) is 3.07. The van der Waals surface area contributed by atoms with Crippen LogP contribution in [0.2, 0.25) is 0 Å². The standard InChI is InChI=1S/C25H35Br2N3O5.C16H21N3O3/c1-3-35-23(32)5-4-22(31)29-8-6-19(7-9-29)28-10-12-30(13-11-28)25(34)17(2)14-18-15-20(26)24(33)21(27)16-18;1-22-16(21)18-9-7-13(8-10-18)19-11-6-12-4-2-3-5-14(12)17-15(19)20/h15-17,19,33H,3-14H2,1-2H3;2-5,13H,6-11H2,1H3,(H,17,20)/t17-;/m1./s1. The van der Waals surface area contributed by atoms with E-state index in [9.17, 15) is 29.1 Å². The molecule has 312 valence electrons. The van der Waals surface area contributed by atoms with Gasteiger partial charge in [-0.2, -0.15) is 0 Å². The second-order valence-corrected chi connectivity index (χ2v) is 16.7. The highest BCUT2D eigenvalue weighted by molar-refractivity contribution is 9.11. The Morgan fingerprint density at radius 2 is 1.46 bits per heavy atom. The van der Waals surface area contributed by atoms with Gasteiger partial charge in [0.2, 0.25) is 11.8 Å². The highest BCUT2D eigenvalue weighted by Crippen LogP contribution is 2.34. The first-order chi connectivity index (χ1) is 27.4. The van der Waals surface area contributed by atoms with Gasteiger partial charge in [0, 0.05) is 89.0 Å². The average molecular weight is 921 g/mol. The molecule has 3 saturated heterocycles. The summed E-state index contributed by atoms with van der Waals surface area (Å²) in [6.45, 7) is 10.6. The highest BCUT2D eigenvalue weighted by atomic mass is 79.9. The number of halogens is 2. The Kier molecular flexibility index (Phi) is 16.5. The maximum atomic E-state index is 13.0. The van der Waals surface area contributed by atoms with E-state index in [0.29, 0.717) is 73.8 Å². The topological polar surface area (TPSA) is 152 Å². The van der Waals surface area contributed by atoms with Crippen molar-refractivity contribution in [3.05, 3.63) is 56.5 Å². The zero-order valence-electron chi connectivity index (χ0n) is 33.2. The first-order valence-corrected chi connectivity index (χ1v) is 21.6. The minimum absolute atomic E-state index is 0.0218. The molecule has 0 unspecified atom stereocenters. The van der Waals surface area contributed by atoms with Gasteiger partial charge in [-0.15, -0.1) is 0 Å². The lowest BCUT2D eigenvalue weighted by Gasteiger charge is -2.43. The van der Waals surface area contributed by atoms with Crippen molar-refractivity contribution in [3.8, 4) is 5.75 Å². The van der Waals surface area contributed by atoms with Gasteiger partial charge in [0.05, 0.1) is 29.1 Å². The Morgan fingerprint density at radius 3 is 2.09 bits per heavy atom. The van der Waals surface area contributed by atoms with E-state index in [1.807, 2.05) is 52.0 Å². The van der Waals surface area contributed by atoms with Crippen LogP contribution in [-0.2, 0) is 36.7 Å². The van der Waals surface area contributed by atoms with Gasteiger partial charge in [-0.3, -0.25) is 19.3 Å². The Labute approximate surface area is 352 Å². The summed E-state index contributed by atoms with van der Waals surface area (Å²) in [4.78, 5) is 70.8. The normalized spacial score (nSPS) is 18.7. The maximum Gasteiger partial charge on any atom is 0.409 e. The number of likely N-dealkylation sites (tertiary alicyclic amines) is 2. The lowest BCUT2D eigenvalue weighted by molar-refractivity contribution is -0.146. The number of nitrogens with zero attached hydrogens (tertiary/aromatic N) is 5. The molecule has 0 bridgehead atoms. The summed E-state index contributed by atoms with van der Waals surface area (Å²) in [6.07, 6.45) is 4.94. The van der Waals surface area contributed by atoms with Crippen LogP contribution in [0.15, 0.2) is 45.3 Å². The zero-order valence-corrected chi connectivity index (χ0v) is 36.4. The van der Waals surface area contributed by atoms with Crippen LogP contribution in [0.3, 0.4) is 0 Å². The van der Waals surface area contributed by atoms with Crippen molar-refractivity contribution < 1.29 is 38.6 Å². The number of phenolic OH excluding ortho intramolecular Hbond substituents is 1. The van der Waals surface area contributed by atoms with E-state index in [1.54, 1.807) is 11.8 Å². The monoisotopic (exact) mass is 918 g/mol. The fourth-order valence-corrected chi connectivity index (χ4v) is 9.39. The third-order valence-electron chi connectivity index (χ3n) is 11.3. The fourth-order valence-electron chi connectivity index (χ4n) is 8.10. The molecule has 2 N–H and O–H groups in total. The number of hydrogen-bond donors (Lipinski definition) is 2. The maximum absolute atomic E-state index is 13.0. The van der Waals surface area contributed by atoms with Crippen molar-refractivity contribution in [3.63, 3.8) is 0 Å². The van der Waals surface area contributed by atoms with Crippen LogP contribution in [0.5, 0.6) is 5.75 Å². The number of carbonyl (C=O) groups excluding carboxylic acids is 5. The lowest BCUT2D eigenvalue weighted by Crippen LogP contribution is -2.55. The molecular weight excluding hydrogens is 864 g/mol. The molecule has 5 amide bonds. The number of nitrogens with one attached hydrogen (secondary N) is 1. The number of urea groups is 1. The molecule has 4 heterocycles. The number of rotatable bonds is 9. The molecule has 0 saturated carbocycles. The number of carbonyl (C=O) groups is 5. The molecule has 16 heteroatoms. The van der Waals surface area contributed by atoms with Gasteiger partial charge in [-0.1, -0.05) is 25.1 Å². The van der Waals surface area contributed by atoms with Gasteiger partial charge in [0.25, 0.3) is 0 Å². The van der Waals surface area contributed by atoms with Crippen LogP contribution in [0.1, 0.15) is 63.5 Å². The number of benzene rings is 2. The number of hydrogen-bond acceptors (Lipinski definition) is 9. The van der Waals surface area contributed by atoms with Crippen LogP contribution < -0.4 is 5.32 Å². The minimum Gasteiger partial charge on any atom is -0.506 e. The number of piperazine rings is 1. The van der Waals surface area contributed by atoms with Gasteiger partial charge in [0.1, 0.15) is 5.75 Å². The number of para-hydroxylation sites is 1. The van der Waals surface area contributed by atoms with Gasteiger partial charge < -0.3 is 39.5 Å². The number of anilines is 1. The van der Waals surface area contributed by atoms with E-state index in [0.717, 1.165) is 56.4 Å². The number of phenols is 1. The predicted octanol–water partition coefficient (Wildman–Crippen LogP) is 5.88. The van der Waals surface area contributed by atoms with E-state index in [2.05, 4.69) is 48.1 Å². The Morgan fingerprint density at radius 1 is 0.842 bits per heavy atom. The summed E-state index contributed by atoms with van der Waals surface area (Å²) >= 11 is 6.71. The van der Waals surface area contributed by atoms with Crippen LogP contribution in [0.4, 0.5) is 15.3 Å². The minimum atomic E-state index is -0.318. The second kappa shape index (κ2) is 21.2. The third kappa shape index (κ3) is 12.1. The summed E-state index contributed by atoms with van der Waals surface area (Å²) in [5.74, 6) is -0.119. The molecule has 1 atom stereocenters. The number of piperidine rings is 2. The van der Waals surface area contributed by atoms with Crippen LogP contribution in [0.25, 0.3) is 0 Å². The van der Waals surface area contributed by atoms with Gasteiger partial charge in [-0.25, -0.2) is 9.59 Å². The van der Waals surface area contributed by atoms with E-state index in [4.69, 9.17) is 9.47 Å². The molecule has 0 radical (unpaired) electrons. The molecule has 14 nitrogen and oxygen atoms in total. The average Bonchev–Trinajstić information content (AvgIpc) is 3.39. The molecule has 4 aliphatic heterocycles. The number of amides is 5. The Hall–Kier alpha value is -3.89. The highest BCUT2D eigenvalue weighted by Gasteiger charge is 2.33. The summed E-state index contributed by atoms with van der Waals surface area (Å²) in [5, 5.41) is 12.9. The van der Waals surface area contributed by atoms with Gasteiger partial charge >= 0.3 is 18.1 Å². The molecule has 6 rings (SSSR count). The largest absolute Gasteiger partial charge is 0.506 e. The second-order valence-electron chi connectivity index (χ2n) is 15.0. The van der Waals surface area contributed by atoms with Crippen molar-refractivity contribution in [2.45, 2.75) is 77.3 Å². The SMILES string of the molecule is CCOC(=O)CCC(=O)N1CCC(N2CCN(C(=O)[C@H](C)Cc3cc(Br)c(O)c(Br)c3)CC2)CC1.COC(=O)N1CCC(N2CCc3ccccc3NC2=O)CC1. The van der Waals surface area contributed by atoms with E-state index >= 15 is 0 Å². The van der Waals surface area contributed by atoms with Crippen LogP contribution in [-0.4, -0.2) is 144 Å². The summed E-state index contributed by atoms with van der Waals surface area (Å²) < 4.78 is 10.9. The number of fused-ring (bicyclic) bond motifs is 1. The molecule has 4 aliphatic rings. The van der Waals surface area contributed by atoms with E-state index in [1.165, 1.54) is 12.7 Å². The van der Waals surface area contributed by atoms with E-state index in [-0.39, 0.29) is 60.5 Å². The molecule has 2 aromatic rings. The van der Waals surface area contributed by atoms with Crippen molar-refractivity contribution in [1.29, 1.82) is 0 Å². The van der Waals surface area contributed by atoms with Crippen LogP contribution >= 0.6 is 31.9 Å². The number of aromatic hydroxyl groups is 1. The van der Waals surface area contributed by atoms with Crippen molar-refractivity contribution in [1.82, 2.24) is 24.5 Å². The van der Waals surface area contributed by atoms with Crippen molar-refractivity contribution >= 4 is 67.5 Å². The van der Waals surface area contributed by atoms with Crippen molar-refractivity contribution in [2.24, 2.45) is 5.92 Å².